The van der Waals surface area contributed by atoms with Gasteiger partial charge in [0.2, 0.25) is 0 Å². The molecule has 0 spiro atoms. The van der Waals surface area contributed by atoms with E-state index < -0.39 is 0 Å². The fourth-order valence-corrected chi connectivity index (χ4v) is 2.17. The lowest BCUT2D eigenvalue weighted by Crippen LogP contribution is -2.36. The van der Waals surface area contributed by atoms with Crippen molar-refractivity contribution >= 4 is 27.5 Å². The van der Waals surface area contributed by atoms with E-state index in [2.05, 4.69) is 20.8 Å². The average molecular weight is 292 g/mol. The lowest BCUT2D eigenvalue weighted by atomic mass is 10.1. The van der Waals surface area contributed by atoms with E-state index in [0.29, 0.717) is 12.6 Å². The highest BCUT2D eigenvalue weighted by atomic mass is 79.9. The van der Waals surface area contributed by atoms with Crippen LogP contribution in [0, 0.1) is 0 Å². The van der Waals surface area contributed by atoms with E-state index in [4.69, 9.17) is 17.3 Å². The summed E-state index contributed by atoms with van der Waals surface area (Å²) in [5.74, 6) is 0. The Labute approximate surface area is 105 Å². The van der Waals surface area contributed by atoms with Crippen LogP contribution in [0.5, 0.6) is 0 Å². The molecule has 1 aromatic rings. The first-order valence-corrected chi connectivity index (χ1v) is 6.02. The Balaban J connectivity index is 2.79. The first kappa shape index (κ1) is 13.0. The summed E-state index contributed by atoms with van der Waals surface area (Å²) in [5.41, 5.74) is 6.85. The van der Waals surface area contributed by atoms with Crippen molar-refractivity contribution in [1.29, 1.82) is 0 Å². The van der Waals surface area contributed by atoms with E-state index in [9.17, 15) is 0 Å². The Bertz CT molecular complexity index is 328. The summed E-state index contributed by atoms with van der Waals surface area (Å²) < 4.78 is 1.01. The summed E-state index contributed by atoms with van der Waals surface area (Å²) in [4.78, 5) is 2.12. The zero-order valence-corrected chi connectivity index (χ0v) is 11.3. The molecule has 0 aliphatic rings. The minimum atomic E-state index is 0.337. The fraction of sp³-hybridized carbons (Fsp3) is 0.455. The van der Waals surface area contributed by atoms with Crippen molar-refractivity contribution in [2.24, 2.45) is 5.73 Å². The zero-order chi connectivity index (χ0) is 11.4. The molecule has 0 aromatic heterocycles. The molecule has 4 heteroatoms. The Morgan fingerprint density at radius 3 is 2.60 bits per heavy atom. The number of benzene rings is 1. The van der Waals surface area contributed by atoms with E-state index in [0.717, 1.165) is 21.5 Å². The van der Waals surface area contributed by atoms with E-state index >= 15 is 0 Å². The highest BCUT2D eigenvalue weighted by Crippen LogP contribution is 2.22. The number of nitrogens with two attached hydrogens (primary N) is 1. The van der Waals surface area contributed by atoms with Gasteiger partial charge in [-0.25, -0.2) is 0 Å². The Kier molecular flexibility index (Phi) is 5.06. The van der Waals surface area contributed by atoms with Gasteiger partial charge in [0.15, 0.2) is 0 Å². The number of halogens is 2. The first-order chi connectivity index (χ1) is 7.04. The van der Waals surface area contributed by atoms with Gasteiger partial charge in [0, 0.05) is 22.1 Å². The second-order valence-corrected chi connectivity index (χ2v) is 5.12. The number of hydrogen-bond acceptors (Lipinski definition) is 2. The molecule has 0 bridgehead atoms. The first-order valence-electron chi connectivity index (χ1n) is 4.85. The molecule has 0 radical (unpaired) electrons. The van der Waals surface area contributed by atoms with E-state index in [1.165, 1.54) is 0 Å². The van der Waals surface area contributed by atoms with Crippen molar-refractivity contribution in [3.63, 3.8) is 0 Å². The third kappa shape index (κ3) is 3.76. The molecule has 2 nitrogen and oxygen atoms in total. The Hall–Kier alpha value is -0.0900. The van der Waals surface area contributed by atoms with Crippen molar-refractivity contribution in [1.82, 2.24) is 4.90 Å². The highest BCUT2D eigenvalue weighted by molar-refractivity contribution is 9.10. The normalized spacial score (nSPS) is 13.2. The maximum atomic E-state index is 6.15. The Morgan fingerprint density at radius 1 is 1.47 bits per heavy atom. The molecule has 2 N–H and O–H groups in total. The van der Waals surface area contributed by atoms with Crippen LogP contribution < -0.4 is 5.73 Å². The molecule has 1 aromatic carbocycles. The zero-order valence-electron chi connectivity index (χ0n) is 9.00. The third-order valence-electron chi connectivity index (χ3n) is 2.47. The van der Waals surface area contributed by atoms with Crippen molar-refractivity contribution < 1.29 is 0 Å². The molecule has 0 saturated heterocycles. The van der Waals surface area contributed by atoms with Gasteiger partial charge in [-0.1, -0.05) is 33.6 Å². The van der Waals surface area contributed by atoms with Crippen LogP contribution in [-0.2, 0) is 6.42 Å². The van der Waals surface area contributed by atoms with Crippen LogP contribution in [0.2, 0.25) is 5.02 Å². The van der Waals surface area contributed by atoms with Crippen LogP contribution in [0.15, 0.2) is 22.7 Å². The number of nitrogens with zero attached hydrogens (tertiary/aromatic N) is 1. The number of likely N-dealkylation sites (N-methyl/N-ethyl adjacent to an activating group) is 1. The number of rotatable bonds is 4. The molecular weight excluding hydrogens is 275 g/mol. The molecule has 15 heavy (non-hydrogen) atoms. The number of hydrogen-bond donors (Lipinski definition) is 1. The molecule has 0 amide bonds. The molecule has 1 unspecified atom stereocenters. The molecule has 1 atom stereocenters. The van der Waals surface area contributed by atoms with Gasteiger partial charge in [-0.15, -0.1) is 0 Å². The molecular formula is C11H16BrClN2. The van der Waals surface area contributed by atoms with Crippen molar-refractivity contribution in [2.75, 3.05) is 20.6 Å². The van der Waals surface area contributed by atoms with Gasteiger partial charge in [-0.2, -0.15) is 0 Å². The highest BCUT2D eigenvalue weighted by Gasteiger charge is 2.12. The molecule has 0 heterocycles. The maximum absolute atomic E-state index is 6.15. The van der Waals surface area contributed by atoms with Crippen molar-refractivity contribution in [3.8, 4) is 0 Å². The van der Waals surface area contributed by atoms with Crippen LogP contribution in [0.3, 0.4) is 0 Å². The van der Waals surface area contributed by atoms with Gasteiger partial charge < -0.3 is 10.6 Å². The Morgan fingerprint density at radius 2 is 2.13 bits per heavy atom. The second-order valence-electron chi connectivity index (χ2n) is 3.79. The summed E-state index contributed by atoms with van der Waals surface area (Å²) in [5, 5.41) is 0.796. The van der Waals surface area contributed by atoms with Gasteiger partial charge in [0.1, 0.15) is 0 Å². The van der Waals surface area contributed by atoms with E-state index in [1.54, 1.807) is 0 Å². The van der Waals surface area contributed by atoms with Gasteiger partial charge >= 0.3 is 0 Å². The van der Waals surface area contributed by atoms with Gasteiger partial charge in [0.25, 0.3) is 0 Å². The summed E-state index contributed by atoms with van der Waals surface area (Å²) >= 11 is 9.53. The van der Waals surface area contributed by atoms with Crippen LogP contribution >= 0.6 is 27.5 Å². The molecule has 0 aliphatic carbocycles. The predicted molar refractivity (Wildman–Crippen MR) is 69.4 cm³/mol. The van der Waals surface area contributed by atoms with Crippen LogP contribution in [0.1, 0.15) is 5.56 Å². The predicted octanol–water partition coefficient (Wildman–Crippen LogP) is 2.53. The quantitative estimate of drug-likeness (QED) is 0.924. The standard InChI is InChI=1S/C11H16BrClN2/c1-15(2)10(7-14)5-8-3-4-9(12)6-11(8)13/h3-4,6,10H,5,7,14H2,1-2H3. The van der Waals surface area contributed by atoms with Crippen LogP contribution in [-0.4, -0.2) is 31.6 Å². The van der Waals surface area contributed by atoms with E-state index in [-0.39, 0.29) is 0 Å². The topological polar surface area (TPSA) is 29.3 Å². The van der Waals surface area contributed by atoms with Gasteiger partial charge in [0.05, 0.1) is 0 Å². The maximum Gasteiger partial charge on any atom is 0.0449 e. The molecule has 0 saturated carbocycles. The summed E-state index contributed by atoms with van der Waals surface area (Å²) in [6.45, 7) is 0.638. The summed E-state index contributed by atoms with van der Waals surface area (Å²) in [6.07, 6.45) is 0.885. The van der Waals surface area contributed by atoms with Gasteiger partial charge in [-0.05, 0) is 38.2 Å². The third-order valence-corrected chi connectivity index (χ3v) is 3.32. The fourth-order valence-electron chi connectivity index (χ4n) is 1.42. The van der Waals surface area contributed by atoms with Gasteiger partial charge in [-0.3, -0.25) is 0 Å². The van der Waals surface area contributed by atoms with Crippen LogP contribution in [0.4, 0.5) is 0 Å². The monoisotopic (exact) mass is 290 g/mol. The van der Waals surface area contributed by atoms with Crippen molar-refractivity contribution in [3.05, 3.63) is 33.3 Å². The minimum absolute atomic E-state index is 0.337. The summed E-state index contributed by atoms with van der Waals surface area (Å²) in [6, 6.07) is 6.30. The molecule has 0 fully saturated rings. The lowest BCUT2D eigenvalue weighted by molar-refractivity contribution is 0.298. The molecule has 0 aliphatic heterocycles. The smallest absolute Gasteiger partial charge is 0.0449 e. The molecule has 1 rings (SSSR count). The minimum Gasteiger partial charge on any atom is -0.329 e. The molecule has 84 valence electrons. The second kappa shape index (κ2) is 5.85. The van der Waals surface area contributed by atoms with Crippen LogP contribution in [0.25, 0.3) is 0 Å². The SMILES string of the molecule is CN(C)C(CN)Cc1ccc(Br)cc1Cl. The average Bonchev–Trinajstić information content (AvgIpc) is 2.16. The van der Waals surface area contributed by atoms with Crippen molar-refractivity contribution in [2.45, 2.75) is 12.5 Å². The largest absolute Gasteiger partial charge is 0.329 e. The lowest BCUT2D eigenvalue weighted by Gasteiger charge is -2.23. The van der Waals surface area contributed by atoms with E-state index in [1.807, 2.05) is 32.3 Å². The summed E-state index contributed by atoms with van der Waals surface area (Å²) in [7, 11) is 4.06.